The molecule has 3 aromatic rings. The van der Waals surface area contributed by atoms with E-state index in [1.54, 1.807) is 0 Å². The van der Waals surface area contributed by atoms with Crippen molar-refractivity contribution in [2.75, 3.05) is 19.6 Å². The molecule has 1 aliphatic rings. The van der Waals surface area contributed by atoms with E-state index >= 15 is 0 Å². The van der Waals surface area contributed by atoms with Crippen LogP contribution in [0.2, 0.25) is 0 Å². The van der Waals surface area contributed by atoms with Crippen molar-refractivity contribution in [1.82, 2.24) is 20.9 Å². The lowest BCUT2D eigenvalue weighted by Gasteiger charge is -2.44. The molecule has 0 spiro atoms. The number of likely N-dealkylation sites (tertiary alicyclic amines) is 1. The summed E-state index contributed by atoms with van der Waals surface area (Å²) in [4.78, 5) is 28.3. The molecular formula is C35H46N4O2. The van der Waals surface area contributed by atoms with Crippen LogP contribution in [0.15, 0.2) is 91.0 Å². The Hall–Kier alpha value is -3.64. The van der Waals surface area contributed by atoms with Crippen molar-refractivity contribution in [3.05, 3.63) is 108 Å². The van der Waals surface area contributed by atoms with Gasteiger partial charge < -0.3 is 16.0 Å². The van der Waals surface area contributed by atoms with Gasteiger partial charge in [-0.3, -0.25) is 9.69 Å². The van der Waals surface area contributed by atoms with Gasteiger partial charge in [0.15, 0.2) is 0 Å². The van der Waals surface area contributed by atoms with E-state index < -0.39 is 0 Å². The Balaban J connectivity index is 1.44. The Morgan fingerprint density at radius 2 is 1.37 bits per heavy atom. The first kappa shape index (κ1) is 30.3. The Labute approximate surface area is 245 Å². The van der Waals surface area contributed by atoms with Crippen LogP contribution >= 0.6 is 0 Å². The van der Waals surface area contributed by atoms with Gasteiger partial charge in [-0.1, -0.05) is 118 Å². The van der Waals surface area contributed by atoms with Gasteiger partial charge in [-0.05, 0) is 48.4 Å². The van der Waals surface area contributed by atoms with Crippen LogP contribution in [-0.4, -0.2) is 42.6 Å². The van der Waals surface area contributed by atoms with E-state index in [9.17, 15) is 9.59 Å². The topological polar surface area (TPSA) is 73.5 Å². The summed E-state index contributed by atoms with van der Waals surface area (Å²) in [6.45, 7) is 4.30. The first-order valence-electron chi connectivity index (χ1n) is 15.4. The number of carbonyl (C=O) groups is 2. The molecule has 6 heteroatoms. The number of nitrogens with zero attached hydrogens (tertiary/aromatic N) is 1. The zero-order valence-corrected chi connectivity index (χ0v) is 24.4. The smallest absolute Gasteiger partial charge is 0.316 e. The fourth-order valence-corrected chi connectivity index (χ4v) is 5.78. The third kappa shape index (κ3) is 9.46. The minimum atomic E-state index is -0.169. The predicted octanol–water partition coefficient (Wildman–Crippen LogP) is 6.90. The largest absolute Gasteiger partial charge is 0.352 e. The van der Waals surface area contributed by atoms with Gasteiger partial charge in [0.25, 0.3) is 5.91 Å². The van der Waals surface area contributed by atoms with E-state index in [1.807, 2.05) is 42.5 Å². The van der Waals surface area contributed by atoms with Crippen molar-refractivity contribution in [3.63, 3.8) is 0 Å². The van der Waals surface area contributed by atoms with Crippen LogP contribution in [-0.2, 0) is 0 Å². The number of rotatable bonds is 14. The van der Waals surface area contributed by atoms with Crippen LogP contribution in [0.1, 0.15) is 85.8 Å². The van der Waals surface area contributed by atoms with Crippen LogP contribution in [0.4, 0.5) is 4.79 Å². The Morgan fingerprint density at radius 3 is 2.00 bits per heavy atom. The van der Waals surface area contributed by atoms with Crippen molar-refractivity contribution < 1.29 is 9.59 Å². The quantitative estimate of drug-likeness (QED) is 0.190. The van der Waals surface area contributed by atoms with Gasteiger partial charge in [0.2, 0.25) is 0 Å². The second-order valence-electron chi connectivity index (χ2n) is 11.1. The van der Waals surface area contributed by atoms with E-state index in [4.69, 9.17) is 0 Å². The molecule has 218 valence electrons. The molecule has 3 aromatic carbocycles. The Bertz CT molecular complexity index is 1130. The normalized spacial score (nSPS) is 17.2. The third-order valence-corrected chi connectivity index (χ3v) is 8.02. The lowest BCUT2D eigenvalue weighted by atomic mass is 9.89. The van der Waals surface area contributed by atoms with Gasteiger partial charge in [-0.15, -0.1) is 0 Å². The van der Waals surface area contributed by atoms with Gasteiger partial charge >= 0.3 is 6.03 Å². The van der Waals surface area contributed by atoms with E-state index in [-0.39, 0.29) is 30.1 Å². The van der Waals surface area contributed by atoms with Crippen LogP contribution < -0.4 is 16.0 Å². The lowest BCUT2D eigenvalue weighted by molar-refractivity contribution is 0.0645. The van der Waals surface area contributed by atoms with E-state index in [2.05, 4.69) is 76.3 Å². The molecule has 0 aliphatic carbocycles. The van der Waals surface area contributed by atoms with Crippen molar-refractivity contribution >= 4 is 11.9 Å². The Kier molecular flexibility index (Phi) is 12.3. The van der Waals surface area contributed by atoms with Crippen LogP contribution in [0, 0.1) is 5.92 Å². The maximum absolute atomic E-state index is 13.1. The molecular weight excluding hydrogens is 508 g/mol. The second kappa shape index (κ2) is 16.6. The zero-order chi connectivity index (χ0) is 28.7. The molecule has 4 rings (SSSR count). The summed E-state index contributed by atoms with van der Waals surface area (Å²) in [6.07, 6.45) is 8.67. The summed E-state index contributed by atoms with van der Waals surface area (Å²) in [5.74, 6) is 0.204. The number of nitrogens with one attached hydrogen (secondary N) is 3. The summed E-state index contributed by atoms with van der Waals surface area (Å²) in [7, 11) is 0. The molecule has 1 heterocycles. The maximum Gasteiger partial charge on any atom is 0.316 e. The number of piperidine rings is 1. The molecule has 2 unspecified atom stereocenters. The minimum Gasteiger partial charge on any atom is -0.352 e. The number of hydrogen-bond donors (Lipinski definition) is 3. The van der Waals surface area contributed by atoms with Crippen molar-refractivity contribution in [3.8, 4) is 0 Å². The fraction of sp³-hybridized carbons (Fsp3) is 0.429. The molecule has 6 nitrogen and oxygen atoms in total. The number of benzene rings is 3. The number of unbranched alkanes of at least 4 members (excludes halogenated alkanes) is 5. The van der Waals surface area contributed by atoms with Crippen molar-refractivity contribution in [1.29, 1.82) is 0 Å². The van der Waals surface area contributed by atoms with E-state index in [0.717, 1.165) is 32.2 Å². The van der Waals surface area contributed by atoms with Crippen molar-refractivity contribution in [2.24, 2.45) is 5.92 Å². The number of hydrogen-bond acceptors (Lipinski definition) is 3. The van der Waals surface area contributed by atoms with Crippen LogP contribution in [0.3, 0.4) is 0 Å². The van der Waals surface area contributed by atoms with Gasteiger partial charge in [-0.25, -0.2) is 4.79 Å². The number of urea groups is 1. The highest BCUT2D eigenvalue weighted by molar-refractivity contribution is 5.94. The average Bonchev–Trinajstić information content (AvgIpc) is 3.02. The minimum absolute atomic E-state index is 0.0149. The molecule has 41 heavy (non-hydrogen) atoms. The van der Waals surface area contributed by atoms with Gasteiger partial charge in [0, 0.05) is 25.2 Å². The fourth-order valence-electron chi connectivity index (χ4n) is 5.78. The van der Waals surface area contributed by atoms with Gasteiger partial charge in [0.05, 0.1) is 12.2 Å². The average molecular weight is 555 g/mol. The monoisotopic (exact) mass is 554 g/mol. The molecule has 1 aliphatic heterocycles. The van der Waals surface area contributed by atoms with Crippen LogP contribution in [0.5, 0.6) is 0 Å². The summed E-state index contributed by atoms with van der Waals surface area (Å²) in [5, 5.41) is 9.54. The standard InChI is InChI=1S/C35H46N4O2/c1-2-3-4-5-6-16-24-36-35(41)38-32-26-28(27-37-34(40)31-21-14-9-15-22-31)23-25-39(32)33(29-17-10-7-11-18-29)30-19-12-8-13-20-30/h7-15,17-22,28,32-33H,2-6,16,23-27H2,1H3,(H,37,40)(H2,36,38,41). The first-order valence-corrected chi connectivity index (χ1v) is 15.4. The van der Waals surface area contributed by atoms with E-state index in [1.165, 1.54) is 36.8 Å². The summed E-state index contributed by atoms with van der Waals surface area (Å²) >= 11 is 0. The van der Waals surface area contributed by atoms with Gasteiger partial charge in [0.1, 0.15) is 0 Å². The molecule has 0 bridgehead atoms. The molecule has 0 aromatic heterocycles. The zero-order valence-electron chi connectivity index (χ0n) is 24.4. The molecule has 0 saturated carbocycles. The number of carbonyl (C=O) groups excluding carboxylic acids is 2. The lowest BCUT2D eigenvalue weighted by Crippen LogP contribution is -2.56. The van der Waals surface area contributed by atoms with E-state index in [0.29, 0.717) is 18.7 Å². The summed E-state index contributed by atoms with van der Waals surface area (Å²) < 4.78 is 0. The highest BCUT2D eigenvalue weighted by atomic mass is 16.2. The van der Waals surface area contributed by atoms with Crippen molar-refractivity contribution in [2.45, 2.75) is 70.5 Å². The molecule has 1 saturated heterocycles. The first-order chi connectivity index (χ1) is 20.2. The molecule has 2 atom stereocenters. The molecule has 0 radical (unpaired) electrons. The highest BCUT2D eigenvalue weighted by Crippen LogP contribution is 2.34. The molecule has 1 fully saturated rings. The van der Waals surface area contributed by atoms with Crippen LogP contribution in [0.25, 0.3) is 0 Å². The maximum atomic E-state index is 13.1. The Morgan fingerprint density at radius 1 is 0.780 bits per heavy atom. The molecule has 3 amide bonds. The number of amides is 3. The highest BCUT2D eigenvalue weighted by Gasteiger charge is 2.35. The van der Waals surface area contributed by atoms with Gasteiger partial charge in [-0.2, -0.15) is 0 Å². The SMILES string of the molecule is CCCCCCCCNC(=O)NC1CC(CNC(=O)c2ccccc2)CCN1C(c1ccccc1)c1ccccc1. The summed E-state index contributed by atoms with van der Waals surface area (Å²) in [6, 6.07) is 30.3. The second-order valence-corrected chi connectivity index (χ2v) is 11.1. The predicted molar refractivity (Wildman–Crippen MR) is 167 cm³/mol. The molecule has 3 N–H and O–H groups in total. The third-order valence-electron chi connectivity index (χ3n) is 8.02. The summed E-state index contributed by atoms with van der Waals surface area (Å²) in [5.41, 5.74) is 3.07.